The minimum Gasteiger partial charge on any atom is -0.314 e. The highest BCUT2D eigenvalue weighted by Gasteiger charge is 2.31. The van der Waals surface area contributed by atoms with Crippen LogP contribution < -0.4 is 10.6 Å². The van der Waals surface area contributed by atoms with Gasteiger partial charge >= 0.3 is 0 Å². The number of nitrogens with one attached hydrogen (secondary N) is 2. The summed E-state index contributed by atoms with van der Waals surface area (Å²) in [7, 11) is 0. The fourth-order valence-electron chi connectivity index (χ4n) is 6.36. The highest BCUT2D eigenvalue weighted by molar-refractivity contribution is 6.20. The molecule has 0 aromatic heterocycles. The second-order valence-corrected chi connectivity index (χ2v) is 13.3. The summed E-state index contributed by atoms with van der Waals surface area (Å²) >= 11 is 13.0. The third kappa shape index (κ3) is 8.91. The smallest absolute Gasteiger partial charge is 0.0354 e. The van der Waals surface area contributed by atoms with E-state index in [0.29, 0.717) is 40.6 Å². The molecular formula is C27H51Cl2N3. The summed E-state index contributed by atoms with van der Waals surface area (Å²) in [6.45, 7) is 15.3. The van der Waals surface area contributed by atoms with Crippen molar-refractivity contribution in [3.8, 4) is 0 Å². The summed E-state index contributed by atoms with van der Waals surface area (Å²) in [4.78, 5) is 2.74. The number of likely N-dealkylation sites (tertiary alicyclic amines) is 1. The average molecular weight is 489 g/mol. The second kappa shape index (κ2) is 13.5. The number of halogens is 2. The monoisotopic (exact) mass is 487 g/mol. The maximum Gasteiger partial charge on any atom is 0.0354 e. The molecule has 1 saturated heterocycles. The predicted octanol–water partition coefficient (Wildman–Crippen LogP) is 6.13. The summed E-state index contributed by atoms with van der Waals surface area (Å²) < 4.78 is 0. The standard InChI is InChI=1S/C27H51Cl2N3/c1-19(2)16-30-26-14-21(13-25(29)15-26)17-31-27(20(3)4)18-32-11-9-23(10-12-32)22-5-7-24(28)8-6-22/h19-27,30-31H,5-18H2,1-4H3/t21?,22?,24?,25?,26?,27-/m0/s1. The molecule has 3 unspecified atom stereocenters. The van der Waals surface area contributed by atoms with Gasteiger partial charge in [-0.05, 0) is 114 Å². The van der Waals surface area contributed by atoms with E-state index in [-0.39, 0.29) is 0 Å². The summed E-state index contributed by atoms with van der Waals surface area (Å²) in [6.07, 6.45) is 11.5. The minimum atomic E-state index is 0.325. The van der Waals surface area contributed by atoms with Gasteiger partial charge in [-0.2, -0.15) is 0 Å². The lowest BCUT2D eigenvalue weighted by Crippen LogP contribution is -2.49. The Kier molecular flexibility index (Phi) is 11.4. The van der Waals surface area contributed by atoms with E-state index in [4.69, 9.17) is 23.2 Å². The van der Waals surface area contributed by atoms with Gasteiger partial charge in [0, 0.05) is 29.4 Å². The normalized spacial score (nSPS) is 34.3. The zero-order valence-corrected chi connectivity index (χ0v) is 22.8. The lowest BCUT2D eigenvalue weighted by Gasteiger charge is -2.40. The lowest BCUT2D eigenvalue weighted by atomic mass is 9.75. The molecular weight excluding hydrogens is 437 g/mol. The quantitative estimate of drug-likeness (QED) is 0.362. The van der Waals surface area contributed by atoms with Crippen molar-refractivity contribution in [1.29, 1.82) is 0 Å². The first-order valence-corrected chi connectivity index (χ1v) is 14.6. The molecule has 0 radical (unpaired) electrons. The van der Waals surface area contributed by atoms with Crippen LogP contribution in [0.2, 0.25) is 0 Å². The van der Waals surface area contributed by atoms with Crippen LogP contribution in [-0.4, -0.2) is 60.5 Å². The number of hydrogen-bond donors (Lipinski definition) is 2. The van der Waals surface area contributed by atoms with Gasteiger partial charge in [0.15, 0.2) is 0 Å². The highest BCUT2D eigenvalue weighted by atomic mass is 35.5. The highest BCUT2D eigenvalue weighted by Crippen LogP contribution is 2.37. The van der Waals surface area contributed by atoms with Gasteiger partial charge in [0.05, 0.1) is 0 Å². The molecule has 32 heavy (non-hydrogen) atoms. The number of hydrogen-bond acceptors (Lipinski definition) is 3. The Bertz CT molecular complexity index is 513. The number of nitrogens with zero attached hydrogens (tertiary/aromatic N) is 1. The molecule has 2 N–H and O–H groups in total. The number of rotatable bonds is 10. The lowest BCUT2D eigenvalue weighted by molar-refractivity contribution is 0.112. The summed E-state index contributed by atoms with van der Waals surface area (Å²) in [6, 6.07) is 1.17. The van der Waals surface area contributed by atoms with Crippen molar-refractivity contribution in [2.45, 2.75) is 108 Å². The van der Waals surface area contributed by atoms with Crippen LogP contribution >= 0.6 is 23.2 Å². The fraction of sp³-hybridized carbons (Fsp3) is 1.00. The average Bonchev–Trinajstić information content (AvgIpc) is 2.76. The molecule has 0 amide bonds. The first-order chi connectivity index (χ1) is 15.3. The summed E-state index contributed by atoms with van der Waals surface area (Å²) in [5.41, 5.74) is 0. The zero-order chi connectivity index (χ0) is 23.1. The third-order valence-electron chi connectivity index (χ3n) is 8.49. The molecule has 0 aromatic carbocycles. The van der Waals surface area contributed by atoms with E-state index in [9.17, 15) is 0 Å². The second-order valence-electron chi connectivity index (χ2n) is 12.1. The van der Waals surface area contributed by atoms with Gasteiger partial charge in [-0.3, -0.25) is 0 Å². The first-order valence-electron chi connectivity index (χ1n) is 13.8. The van der Waals surface area contributed by atoms with Crippen LogP contribution in [0.5, 0.6) is 0 Å². The Labute approximate surface area is 209 Å². The molecule has 2 saturated carbocycles. The van der Waals surface area contributed by atoms with E-state index in [2.05, 4.69) is 43.2 Å². The molecule has 3 rings (SSSR count). The summed E-state index contributed by atoms with van der Waals surface area (Å²) in [5, 5.41) is 8.51. The summed E-state index contributed by atoms with van der Waals surface area (Å²) in [5.74, 6) is 3.95. The third-order valence-corrected chi connectivity index (χ3v) is 9.28. The minimum absolute atomic E-state index is 0.325. The first kappa shape index (κ1) is 27.1. The van der Waals surface area contributed by atoms with Gasteiger partial charge in [-0.1, -0.05) is 27.7 Å². The Morgan fingerprint density at radius 1 is 0.812 bits per heavy atom. The van der Waals surface area contributed by atoms with Crippen molar-refractivity contribution in [3.63, 3.8) is 0 Å². The molecule has 5 heteroatoms. The van der Waals surface area contributed by atoms with Crippen molar-refractivity contribution in [2.24, 2.45) is 29.6 Å². The van der Waals surface area contributed by atoms with Crippen molar-refractivity contribution < 1.29 is 0 Å². The molecule has 1 aliphatic heterocycles. The van der Waals surface area contributed by atoms with E-state index in [1.165, 1.54) is 64.6 Å². The molecule has 0 spiro atoms. The van der Waals surface area contributed by atoms with Crippen molar-refractivity contribution in [3.05, 3.63) is 0 Å². The van der Waals surface area contributed by atoms with Gasteiger partial charge in [-0.25, -0.2) is 0 Å². The van der Waals surface area contributed by atoms with Crippen LogP contribution in [0.4, 0.5) is 0 Å². The topological polar surface area (TPSA) is 27.3 Å². The molecule has 188 valence electrons. The van der Waals surface area contributed by atoms with Crippen molar-refractivity contribution >= 4 is 23.2 Å². The SMILES string of the molecule is CC(C)CNC1CC(Cl)CC(CN[C@@H](CN2CCC(C3CCC(Cl)CC3)CC2)C(C)C)C1. The molecule has 4 atom stereocenters. The maximum atomic E-state index is 6.66. The largest absolute Gasteiger partial charge is 0.314 e. The maximum absolute atomic E-state index is 6.66. The number of alkyl halides is 2. The van der Waals surface area contributed by atoms with Gasteiger partial charge < -0.3 is 15.5 Å². The van der Waals surface area contributed by atoms with E-state index in [1.807, 2.05) is 0 Å². The predicted molar refractivity (Wildman–Crippen MR) is 141 cm³/mol. The Balaban J connectivity index is 1.40. The van der Waals surface area contributed by atoms with E-state index in [1.54, 1.807) is 0 Å². The van der Waals surface area contributed by atoms with Crippen LogP contribution in [0.15, 0.2) is 0 Å². The van der Waals surface area contributed by atoms with Crippen LogP contribution in [0.1, 0.15) is 85.5 Å². The molecule has 3 fully saturated rings. The molecule has 1 heterocycles. The number of piperidine rings is 1. The molecule has 0 bridgehead atoms. The van der Waals surface area contributed by atoms with Gasteiger partial charge in [0.25, 0.3) is 0 Å². The van der Waals surface area contributed by atoms with Gasteiger partial charge in [0.2, 0.25) is 0 Å². The van der Waals surface area contributed by atoms with E-state index in [0.717, 1.165) is 37.8 Å². The van der Waals surface area contributed by atoms with E-state index >= 15 is 0 Å². The molecule has 3 aliphatic rings. The Morgan fingerprint density at radius 3 is 2.09 bits per heavy atom. The molecule has 3 nitrogen and oxygen atoms in total. The van der Waals surface area contributed by atoms with Crippen molar-refractivity contribution in [1.82, 2.24) is 15.5 Å². The van der Waals surface area contributed by atoms with Crippen molar-refractivity contribution in [2.75, 3.05) is 32.7 Å². The molecule has 0 aromatic rings. The van der Waals surface area contributed by atoms with Gasteiger partial charge in [-0.15, -0.1) is 23.2 Å². The Hall–Kier alpha value is 0.460. The molecule has 2 aliphatic carbocycles. The van der Waals surface area contributed by atoms with E-state index < -0.39 is 0 Å². The Morgan fingerprint density at radius 2 is 1.47 bits per heavy atom. The van der Waals surface area contributed by atoms with Gasteiger partial charge in [0.1, 0.15) is 0 Å². The van der Waals surface area contributed by atoms with Crippen LogP contribution in [0.25, 0.3) is 0 Å². The van der Waals surface area contributed by atoms with Crippen LogP contribution in [0, 0.1) is 29.6 Å². The van der Waals surface area contributed by atoms with Crippen LogP contribution in [0.3, 0.4) is 0 Å². The zero-order valence-electron chi connectivity index (χ0n) is 21.3. The van der Waals surface area contributed by atoms with Crippen LogP contribution in [-0.2, 0) is 0 Å². The fourth-order valence-corrected chi connectivity index (χ4v) is 7.08.